The molecule has 0 N–H and O–H groups in total. The van der Waals surface area contributed by atoms with E-state index < -0.39 is 0 Å². The van der Waals surface area contributed by atoms with Crippen LogP contribution >= 0.6 is 0 Å². The van der Waals surface area contributed by atoms with E-state index in [0.717, 1.165) is 38.0 Å². The Hall–Kier alpha value is -1.18. The predicted molar refractivity (Wildman–Crippen MR) is 70.0 cm³/mol. The zero-order valence-electron chi connectivity index (χ0n) is 10.7. The summed E-state index contributed by atoms with van der Waals surface area (Å²) in [6.45, 7) is 0. The second-order valence-electron chi connectivity index (χ2n) is 5.98. The van der Waals surface area contributed by atoms with E-state index in [1.807, 2.05) is 6.08 Å². The number of hydrogen-bond donors (Lipinski definition) is 0. The molecule has 0 spiro atoms. The third-order valence-corrected chi connectivity index (χ3v) is 4.86. The number of carbonyl (C=O) groups excluding carboxylic acids is 2. The van der Waals surface area contributed by atoms with Crippen LogP contribution < -0.4 is 0 Å². The highest BCUT2D eigenvalue weighted by atomic mass is 16.1. The Kier molecular flexibility index (Phi) is 3.19. The molecule has 1 fully saturated rings. The van der Waals surface area contributed by atoms with Gasteiger partial charge in [0.2, 0.25) is 0 Å². The molecule has 3 aliphatic carbocycles. The van der Waals surface area contributed by atoms with Crippen LogP contribution in [0.25, 0.3) is 0 Å². The van der Waals surface area contributed by atoms with Crippen LogP contribution in [0, 0.1) is 17.8 Å². The summed E-state index contributed by atoms with van der Waals surface area (Å²) in [5.41, 5.74) is 1.40. The van der Waals surface area contributed by atoms with E-state index in [-0.39, 0.29) is 5.78 Å². The van der Waals surface area contributed by atoms with Crippen molar-refractivity contribution in [3.05, 3.63) is 23.8 Å². The van der Waals surface area contributed by atoms with Crippen molar-refractivity contribution in [1.29, 1.82) is 0 Å². The molecule has 3 atom stereocenters. The SMILES string of the molecule is O=C1C=C2CC[C@H]([C@@H]3C=CC(=O)CC3)C[C@H]2CC1. The Morgan fingerprint density at radius 2 is 1.78 bits per heavy atom. The highest BCUT2D eigenvalue weighted by molar-refractivity contribution is 5.91. The molecule has 18 heavy (non-hydrogen) atoms. The molecule has 0 aromatic rings. The van der Waals surface area contributed by atoms with Gasteiger partial charge in [-0.1, -0.05) is 11.6 Å². The fourth-order valence-corrected chi connectivity index (χ4v) is 3.78. The van der Waals surface area contributed by atoms with Crippen molar-refractivity contribution in [3.8, 4) is 0 Å². The molecule has 1 saturated carbocycles. The Morgan fingerprint density at radius 1 is 0.944 bits per heavy atom. The zero-order valence-corrected chi connectivity index (χ0v) is 10.7. The highest BCUT2D eigenvalue weighted by Crippen LogP contribution is 2.43. The molecule has 0 aliphatic heterocycles. The molecule has 2 nitrogen and oxygen atoms in total. The smallest absolute Gasteiger partial charge is 0.155 e. The molecule has 0 heterocycles. The van der Waals surface area contributed by atoms with Crippen LogP contribution in [0.4, 0.5) is 0 Å². The summed E-state index contributed by atoms with van der Waals surface area (Å²) in [6.07, 6.45) is 12.9. The number of hydrogen-bond acceptors (Lipinski definition) is 2. The summed E-state index contributed by atoms with van der Waals surface area (Å²) in [4.78, 5) is 22.6. The van der Waals surface area contributed by atoms with Gasteiger partial charge in [0.1, 0.15) is 0 Å². The fraction of sp³-hybridized carbons (Fsp3) is 0.625. The summed E-state index contributed by atoms with van der Waals surface area (Å²) in [5, 5.41) is 0. The molecule has 0 aromatic carbocycles. The summed E-state index contributed by atoms with van der Waals surface area (Å²) < 4.78 is 0. The summed E-state index contributed by atoms with van der Waals surface area (Å²) in [5.74, 6) is 2.58. The third kappa shape index (κ3) is 2.33. The molecule has 0 radical (unpaired) electrons. The number of allylic oxidation sites excluding steroid dienone is 4. The minimum Gasteiger partial charge on any atom is -0.295 e. The Labute approximate surface area is 108 Å². The normalized spacial score (nSPS) is 36.2. The lowest BCUT2D eigenvalue weighted by molar-refractivity contribution is -0.116. The van der Waals surface area contributed by atoms with Crippen molar-refractivity contribution in [3.63, 3.8) is 0 Å². The fourth-order valence-electron chi connectivity index (χ4n) is 3.78. The maximum atomic E-state index is 11.4. The van der Waals surface area contributed by atoms with Gasteiger partial charge in [-0.3, -0.25) is 9.59 Å². The Morgan fingerprint density at radius 3 is 2.56 bits per heavy atom. The first-order valence-corrected chi connectivity index (χ1v) is 7.16. The number of fused-ring (bicyclic) bond motifs is 1. The lowest BCUT2D eigenvalue weighted by atomic mass is 9.68. The van der Waals surface area contributed by atoms with E-state index in [2.05, 4.69) is 6.08 Å². The van der Waals surface area contributed by atoms with Gasteiger partial charge in [-0.2, -0.15) is 0 Å². The van der Waals surface area contributed by atoms with Gasteiger partial charge in [0.05, 0.1) is 0 Å². The van der Waals surface area contributed by atoms with E-state index >= 15 is 0 Å². The second kappa shape index (κ2) is 4.83. The zero-order chi connectivity index (χ0) is 12.5. The van der Waals surface area contributed by atoms with Crippen molar-refractivity contribution in [2.24, 2.45) is 17.8 Å². The maximum absolute atomic E-state index is 11.4. The maximum Gasteiger partial charge on any atom is 0.155 e. The first-order chi connectivity index (χ1) is 8.72. The van der Waals surface area contributed by atoms with E-state index in [0.29, 0.717) is 17.6 Å². The van der Waals surface area contributed by atoms with Gasteiger partial charge in [-0.25, -0.2) is 0 Å². The standard InChI is InChI=1S/C16H20O2/c17-15-6-3-11(4-7-15)12-1-2-14-10-16(18)8-5-13(14)9-12/h3,6,10-13H,1-2,4-5,7-9H2/t11-,12+,13-/m1/s1. The molecule has 2 heteroatoms. The summed E-state index contributed by atoms with van der Waals surface area (Å²) in [7, 11) is 0. The minimum absolute atomic E-state index is 0.283. The minimum atomic E-state index is 0.283. The lowest BCUT2D eigenvalue weighted by Crippen LogP contribution is -2.27. The lowest BCUT2D eigenvalue weighted by Gasteiger charge is -2.37. The Balaban J connectivity index is 1.68. The number of ketones is 2. The molecule has 96 valence electrons. The highest BCUT2D eigenvalue weighted by Gasteiger charge is 2.33. The van der Waals surface area contributed by atoms with Gasteiger partial charge in [-0.15, -0.1) is 0 Å². The van der Waals surface area contributed by atoms with E-state index in [1.165, 1.54) is 18.4 Å². The van der Waals surface area contributed by atoms with Crippen molar-refractivity contribution in [2.75, 3.05) is 0 Å². The first kappa shape index (κ1) is 11.9. The molecule has 0 amide bonds. The largest absolute Gasteiger partial charge is 0.295 e. The summed E-state index contributed by atoms with van der Waals surface area (Å²) >= 11 is 0. The van der Waals surface area contributed by atoms with Crippen LogP contribution in [0.5, 0.6) is 0 Å². The van der Waals surface area contributed by atoms with Crippen LogP contribution in [0.1, 0.15) is 44.9 Å². The van der Waals surface area contributed by atoms with Crippen LogP contribution in [0.15, 0.2) is 23.8 Å². The third-order valence-electron chi connectivity index (χ3n) is 4.86. The van der Waals surface area contributed by atoms with E-state index in [4.69, 9.17) is 0 Å². The average molecular weight is 244 g/mol. The topological polar surface area (TPSA) is 34.1 Å². The Bertz CT molecular complexity index is 430. The van der Waals surface area contributed by atoms with Gasteiger partial charge in [0.25, 0.3) is 0 Å². The van der Waals surface area contributed by atoms with Gasteiger partial charge >= 0.3 is 0 Å². The van der Waals surface area contributed by atoms with Crippen molar-refractivity contribution in [1.82, 2.24) is 0 Å². The summed E-state index contributed by atoms with van der Waals surface area (Å²) in [6, 6.07) is 0. The molecule has 0 bridgehead atoms. The average Bonchev–Trinajstić information content (AvgIpc) is 2.39. The van der Waals surface area contributed by atoms with E-state index in [9.17, 15) is 9.59 Å². The number of rotatable bonds is 1. The van der Waals surface area contributed by atoms with Crippen molar-refractivity contribution in [2.45, 2.75) is 44.9 Å². The van der Waals surface area contributed by atoms with Gasteiger partial charge in [0, 0.05) is 12.8 Å². The molecule has 0 aromatic heterocycles. The molecular formula is C16H20O2. The van der Waals surface area contributed by atoms with Gasteiger partial charge in [-0.05, 0) is 62.0 Å². The van der Waals surface area contributed by atoms with Gasteiger partial charge in [0.15, 0.2) is 11.6 Å². The molecule has 0 unspecified atom stereocenters. The number of carbonyl (C=O) groups is 2. The predicted octanol–water partition coefficient (Wildman–Crippen LogP) is 3.23. The van der Waals surface area contributed by atoms with Crippen molar-refractivity contribution >= 4 is 11.6 Å². The van der Waals surface area contributed by atoms with Crippen molar-refractivity contribution < 1.29 is 9.59 Å². The van der Waals surface area contributed by atoms with Crippen LogP contribution in [-0.2, 0) is 9.59 Å². The molecule has 3 aliphatic rings. The molecule has 0 saturated heterocycles. The van der Waals surface area contributed by atoms with Crippen LogP contribution in [0.2, 0.25) is 0 Å². The first-order valence-electron chi connectivity index (χ1n) is 7.16. The van der Waals surface area contributed by atoms with Crippen LogP contribution in [-0.4, -0.2) is 11.6 Å². The molecule has 3 rings (SSSR count). The molecular weight excluding hydrogens is 224 g/mol. The van der Waals surface area contributed by atoms with Gasteiger partial charge < -0.3 is 0 Å². The second-order valence-corrected chi connectivity index (χ2v) is 5.98. The monoisotopic (exact) mass is 244 g/mol. The quantitative estimate of drug-likeness (QED) is 0.709. The van der Waals surface area contributed by atoms with E-state index in [1.54, 1.807) is 6.08 Å². The van der Waals surface area contributed by atoms with Crippen LogP contribution in [0.3, 0.4) is 0 Å².